The molecule has 0 saturated heterocycles. The SMILES string of the molecule is CC(C)(C)c1nc(-c2cccc3ccccc23)nc(C(C)(C)C)n1. The first-order valence-electron chi connectivity index (χ1n) is 8.41. The second-order valence-electron chi connectivity index (χ2n) is 8.33. The summed E-state index contributed by atoms with van der Waals surface area (Å²) in [5.74, 6) is 2.44. The topological polar surface area (TPSA) is 38.7 Å². The van der Waals surface area contributed by atoms with Crippen LogP contribution in [0.4, 0.5) is 0 Å². The molecule has 3 rings (SSSR count). The van der Waals surface area contributed by atoms with Gasteiger partial charge in [0.05, 0.1) is 0 Å². The molecule has 0 radical (unpaired) electrons. The van der Waals surface area contributed by atoms with E-state index in [4.69, 9.17) is 15.0 Å². The van der Waals surface area contributed by atoms with Crippen LogP contribution in [0, 0.1) is 0 Å². The molecule has 24 heavy (non-hydrogen) atoms. The van der Waals surface area contributed by atoms with E-state index in [-0.39, 0.29) is 10.8 Å². The molecule has 0 N–H and O–H groups in total. The summed E-state index contributed by atoms with van der Waals surface area (Å²) >= 11 is 0. The van der Waals surface area contributed by atoms with Crippen molar-refractivity contribution in [1.82, 2.24) is 15.0 Å². The Hall–Kier alpha value is -2.29. The van der Waals surface area contributed by atoms with Crippen molar-refractivity contribution in [3.05, 3.63) is 54.1 Å². The zero-order chi connectivity index (χ0) is 17.5. The van der Waals surface area contributed by atoms with Crippen LogP contribution in [0.5, 0.6) is 0 Å². The maximum absolute atomic E-state index is 4.82. The predicted octanol–water partition coefficient (Wildman–Crippen LogP) is 5.29. The Morgan fingerprint density at radius 1 is 0.625 bits per heavy atom. The Bertz CT molecular complexity index is 846. The molecule has 0 spiro atoms. The minimum atomic E-state index is -0.123. The van der Waals surface area contributed by atoms with Gasteiger partial charge in [-0.2, -0.15) is 0 Å². The van der Waals surface area contributed by atoms with Gasteiger partial charge in [0, 0.05) is 16.4 Å². The molecular formula is C21H25N3. The number of hydrogen-bond donors (Lipinski definition) is 0. The van der Waals surface area contributed by atoms with Crippen LogP contribution < -0.4 is 0 Å². The molecule has 3 aromatic rings. The Morgan fingerprint density at radius 2 is 1.17 bits per heavy atom. The quantitative estimate of drug-likeness (QED) is 0.612. The van der Waals surface area contributed by atoms with E-state index in [9.17, 15) is 0 Å². The third kappa shape index (κ3) is 3.16. The second-order valence-corrected chi connectivity index (χ2v) is 8.33. The molecule has 0 saturated carbocycles. The molecule has 0 amide bonds. The smallest absolute Gasteiger partial charge is 0.164 e. The molecule has 0 aliphatic heterocycles. The molecular weight excluding hydrogens is 294 g/mol. The van der Waals surface area contributed by atoms with Gasteiger partial charge in [-0.15, -0.1) is 0 Å². The van der Waals surface area contributed by atoms with Gasteiger partial charge in [0.2, 0.25) is 0 Å². The van der Waals surface area contributed by atoms with E-state index in [0.29, 0.717) is 0 Å². The van der Waals surface area contributed by atoms with Crippen molar-refractivity contribution in [2.75, 3.05) is 0 Å². The van der Waals surface area contributed by atoms with Crippen LogP contribution in [0.15, 0.2) is 42.5 Å². The van der Waals surface area contributed by atoms with Gasteiger partial charge in [-0.25, -0.2) is 15.0 Å². The summed E-state index contributed by atoms with van der Waals surface area (Å²) in [6, 6.07) is 14.6. The highest BCUT2D eigenvalue weighted by Gasteiger charge is 2.25. The molecule has 1 aromatic heterocycles. The normalized spacial score (nSPS) is 12.6. The Kier molecular flexibility index (Phi) is 3.90. The summed E-state index contributed by atoms with van der Waals surface area (Å²) in [6.07, 6.45) is 0. The second kappa shape index (κ2) is 5.66. The van der Waals surface area contributed by atoms with E-state index in [1.807, 2.05) is 0 Å². The fourth-order valence-electron chi connectivity index (χ4n) is 2.59. The van der Waals surface area contributed by atoms with Gasteiger partial charge in [-0.3, -0.25) is 0 Å². The summed E-state index contributed by atoms with van der Waals surface area (Å²) in [5, 5.41) is 2.37. The molecule has 124 valence electrons. The number of rotatable bonds is 1. The fraction of sp³-hybridized carbons (Fsp3) is 0.381. The van der Waals surface area contributed by atoms with Crippen molar-refractivity contribution >= 4 is 10.8 Å². The zero-order valence-electron chi connectivity index (χ0n) is 15.4. The van der Waals surface area contributed by atoms with Crippen molar-refractivity contribution in [2.24, 2.45) is 0 Å². The summed E-state index contributed by atoms with van der Waals surface area (Å²) < 4.78 is 0. The summed E-state index contributed by atoms with van der Waals surface area (Å²) in [7, 11) is 0. The molecule has 0 fully saturated rings. The van der Waals surface area contributed by atoms with Crippen molar-refractivity contribution in [3.8, 4) is 11.4 Å². The highest BCUT2D eigenvalue weighted by atomic mass is 15.1. The number of aromatic nitrogens is 3. The van der Waals surface area contributed by atoms with Crippen LogP contribution in [0.25, 0.3) is 22.2 Å². The van der Waals surface area contributed by atoms with Crippen LogP contribution in [0.2, 0.25) is 0 Å². The molecule has 3 heteroatoms. The van der Waals surface area contributed by atoms with E-state index in [1.54, 1.807) is 0 Å². The minimum Gasteiger partial charge on any atom is -0.217 e. The Balaban J connectivity index is 2.30. The van der Waals surface area contributed by atoms with Gasteiger partial charge >= 0.3 is 0 Å². The van der Waals surface area contributed by atoms with Crippen LogP contribution in [0.3, 0.4) is 0 Å². The summed E-state index contributed by atoms with van der Waals surface area (Å²) in [5.41, 5.74) is 0.816. The van der Waals surface area contributed by atoms with Crippen molar-refractivity contribution in [3.63, 3.8) is 0 Å². The number of benzene rings is 2. The van der Waals surface area contributed by atoms with Crippen LogP contribution in [0.1, 0.15) is 53.2 Å². The summed E-state index contributed by atoms with van der Waals surface area (Å²) in [6.45, 7) is 12.8. The average Bonchev–Trinajstić information content (AvgIpc) is 2.52. The predicted molar refractivity (Wildman–Crippen MR) is 100 cm³/mol. The average molecular weight is 319 g/mol. The molecule has 0 atom stereocenters. The molecule has 3 nitrogen and oxygen atoms in total. The van der Waals surface area contributed by atoms with Gasteiger partial charge in [-0.1, -0.05) is 84.0 Å². The Morgan fingerprint density at radius 3 is 1.75 bits per heavy atom. The van der Waals surface area contributed by atoms with E-state index < -0.39 is 0 Å². The van der Waals surface area contributed by atoms with E-state index in [0.717, 1.165) is 23.0 Å². The van der Waals surface area contributed by atoms with E-state index in [2.05, 4.69) is 84.0 Å². The number of nitrogens with zero attached hydrogens (tertiary/aromatic N) is 3. The first-order valence-corrected chi connectivity index (χ1v) is 8.41. The third-order valence-electron chi connectivity index (χ3n) is 4.01. The highest BCUT2D eigenvalue weighted by molar-refractivity contribution is 5.95. The molecule has 2 aromatic carbocycles. The first kappa shape index (κ1) is 16.6. The van der Waals surface area contributed by atoms with Gasteiger partial charge in [-0.05, 0) is 10.8 Å². The molecule has 0 unspecified atom stereocenters. The van der Waals surface area contributed by atoms with Crippen molar-refractivity contribution < 1.29 is 0 Å². The fourth-order valence-corrected chi connectivity index (χ4v) is 2.59. The van der Waals surface area contributed by atoms with E-state index in [1.165, 1.54) is 10.8 Å². The monoisotopic (exact) mass is 319 g/mol. The summed E-state index contributed by atoms with van der Waals surface area (Å²) in [4.78, 5) is 14.4. The van der Waals surface area contributed by atoms with Gasteiger partial charge in [0.15, 0.2) is 5.82 Å². The molecule has 1 heterocycles. The van der Waals surface area contributed by atoms with Gasteiger partial charge in [0.1, 0.15) is 11.6 Å². The lowest BCUT2D eigenvalue weighted by Gasteiger charge is -2.23. The lowest BCUT2D eigenvalue weighted by molar-refractivity contribution is 0.497. The number of fused-ring (bicyclic) bond motifs is 1. The maximum Gasteiger partial charge on any atom is 0.164 e. The van der Waals surface area contributed by atoms with E-state index >= 15 is 0 Å². The van der Waals surface area contributed by atoms with Gasteiger partial charge < -0.3 is 0 Å². The molecule has 0 aliphatic carbocycles. The third-order valence-corrected chi connectivity index (χ3v) is 4.01. The van der Waals surface area contributed by atoms with Gasteiger partial charge in [0.25, 0.3) is 0 Å². The number of hydrogen-bond acceptors (Lipinski definition) is 3. The highest BCUT2D eigenvalue weighted by Crippen LogP contribution is 2.30. The minimum absolute atomic E-state index is 0.123. The molecule has 0 bridgehead atoms. The van der Waals surface area contributed by atoms with Crippen LogP contribution in [-0.4, -0.2) is 15.0 Å². The molecule has 0 aliphatic rings. The van der Waals surface area contributed by atoms with Crippen LogP contribution >= 0.6 is 0 Å². The van der Waals surface area contributed by atoms with Crippen LogP contribution in [-0.2, 0) is 10.8 Å². The first-order chi connectivity index (χ1) is 11.2. The standard InChI is InChI=1S/C21H25N3/c1-20(2,3)18-22-17(23-19(24-18)21(4,5)6)16-13-9-11-14-10-7-8-12-15(14)16/h7-13H,1-6H3. The lowest BCUT2D eigenvalue weighted by Crippen LogP contribution is -2.24. The maximum atomic E-state index is 4.82. The zero-order valence-corrected chi connectivity index (χ0v) is 15.4. The largest absolute Gasteiger partial charge is 0.217 e. The lowest BCUT2D eigenvalue weighted by atomic mass is 9.92. The Labute approximate surface area is 144 Å². The van der Waals surface area contributed by atoms with Crippen molar-refractivity contribution in [1.29, 1.82) is 0 Å². The van der Waals surface area contributed by atoms with Crippen molar-refractivity contribution in [2.45, 2.75) is 52.4 Å².